The highest BCUT2D eigenvalue weighted by molar-refractivity contribution is 5.92. The zero-order valence-electron chi connectivity index (χ0n) is 9.78. The Hall–Kier alpha value is -1.76. The second-order valence-electron chi connectivity index (χ2n) is 4.56. The highest BCUT2D eigenvalue weighted by Crippen LogP contribution is 2.26. The summed E-state index contributed by atoms with van der Waals surface area (Å²) >= 11 is 0. The van der Waals surface area contributed by atoms with Gasteiger partial charge in [0, 0.05) is 6.20 Å². The van der Waals surface area contributed by atoms with Gasteiger partial charge in [0.05, 0.1) is 6.07 Å². The molecular formula is C13H17N3O. The van der Waals surface area contributed by atoms with Crippen molar-refractivity contribution < 1.29 is 4.79 Å². The smallest absolute Gasteiger partial charge is 0.268 e. The van der Waals surface area contributed by atoms with Crippen molar-refractivity contribution in [3.05, 3.63) is 24.0 Å². The molecule has 1 unspecified atom stereocenters. The normalized spacial score (nSPS) is 18.3. The second-order valence-corrected chi connectivity index (χ2v) is 4.56. The predicted octanol–water partition coefficient (Wildman–Crippen LogP) is 2.22. The van der Waals surface area contributed by atoms with Crippen molar-refractivity contribution in [2.24, 2.45) is 5.92 Å². The molecule has 4 nitrogen and oxygen atoms in total. The van der Waals surface area contributed by atoms with Crippen LogP contribution in [0.5, 0.6) is 0 Å². The van der Waals surface area contributed by atoms with Crippen LogP contribution in [0.4, 0.5) is 0 Å². The summed E-state index contributed by atoms with van der Waals surface area (Å²) in [7, 11) is 0. The number of carbonyl (C=O) groups is 1. The molecule has 1 aliphatic carbocycles. The first-order chi connectivity index (χ1) is 8.31. The highest BCUT2D eigenvalue weighted by atomic mass is 16.1. The molecule has 2 rings (SSSR count). The van der Waals surface area contributed by atoms with E-state index in [4.69, 9.17) is 5.26 Å². The third kappa shape index (κ3) is 2.88. The van der Waals surface area contributed by atoms with Crippen LogP contribution in [0.1, 0.15) is 42.6 Å². The fourth-order valence-corrected chi connectivity index (χ4v) is 2.41. The molecule has 1 aromatic heterocycles. The molecule has 0 saturated heterocycles. The van der Waals surface area contributed by atoms with Crippen LogP contribution >= 0.6 is 0 Å². The molecule has 0 bridgehead atoms. The van der Waals surface area contributed by atoms with Gasteiger partial charge >= 0.3 is 0 Å². The van der Waals surface area contributed by atoms with Crippen molar-refractivity contribution in [2.75, 3.05) is 0 Å². The Balaban J connectivity index is 1.95. The molecule has 4 heteroatoms. The van der Waals surface area contributed by atoms with Crippen LogP contribution in [0.25, 0.3) is 0 Å². The summed E-state index contributed by atoms with van der Waals surface area (Å²) in [5.41, 5.74) is 0.515. The molecule has 0 radical (unpaired) electrons. The zero-order chi connectivity index (χ0) is 12.1. The lowest BCUT2D eigenvalue weighted by molar-refractivity contribution is 0.0924. The number of nitrogens with zero attached hydrogens (tertiary/aromatic N) is 1. The molecule has 0 aromatic carbocycles. The molecule has 17 heavy (non-hydrogen) atoms. The largest absolute Gasteiger partial charge is 0.357 e. The van der Waals surface area contributed by atoms with E-state index in [0.717, 1.165) is 12.8 Å². The maximum atomic E-state index is 11.8. The minimum Gasteiger partial charge on any atom is -0.357 e. The summed E-state index contributed by atoms with van der Waals surface area (Å²) in [5.74, 6) is 0.125. The van der Waals surface area contributed by atoms with Gasteiger partial charge in [0.15, 0.2) is 0 Å². The monoisotopic (exact) mass is 231 g/mol. The van der Waals surface area contributed by atoms with Crippen LogP contribution in [0.15, 0.2) is 18.3 Å². The topological polar surface area (TPSA) is 68.7 Å². The van der Waals surface area contributed by atoms with Gasteiger partial charge in [-0.1, -0.05) is 19.3 Å². The summed E-state index contributed by atoms with van der Waals surface area (Å²) < 4.78 is 0. The van der Waals surface area contributed by atoms with E-state index in [0.29, 0.717) is 11.6 Å². The van der Waals surface area contributed by atoms with Gasteiger partial charge in [-0.25, -0.2) is 0 Å². The first-order valence-electron chi connectivity index (χ1n) is 6.15. The molecule has 90 valence electrons. The van der Waals surface area contributed by atoms with Crippen LogP contribution in [0.3, 0.4) is 0 Å². The summed E-state index contributed by atoms with van der Waals surface area (Å²) in [6.45, 7) is 0. The Labute approximate surface area is 101 Å². The standard InChI is InChI=1S/C13H17N3O/c14-9-12(10-5-2-1-3-6-10)16-13(17)11-7-4-8-15-11/h4,7-8,10,12,15H,1-3,5-6H2,(H,16,17). The van der Waals surface area contributed by atoms with Crippen molar-refractivity contribution >= 4 is 5.91 Å². The number of nitriles is 1. The van der Waals surface area contributed by atoms with Crippen molar-refractivity contribution in [3.63, 3.8) is 0 Å². The van der Waals surface area contributed by atoms with Crippen LogP contribution in [-0.2, 0) is 0 Å². The Morgan fingerprint density at radius 2 is 2.24 bits per heavy atom. The van der Waals surface area contributed by atoms with E-state index < -0.39 is 0 Å². The van der Waals surface area contributed by atoms with E-state index in [1.807, 2.05) is 0 Å². The fraction of sp³-hybridized carbons (Fsp3) is 0.538. The van der Waals surface area contributed by atoms with Crippen molar-refractivity contribution in [1.29, 1.82) is 5.26 Å². The first-order valence-corrected chi connectivity index (χ1v) is 6.15. The SMILES string of the molecule is N#CC(NC(=O)c1ccc[nH]1)C1CCCCC1. The maximum Gasteiger partial charge on any atom is 0.268 e. The molecule has 1 aromatic rings. The third-order valence-corrected chi connectivity index (χ3v) is 3.39. The van der Waals surface area contributed by atoms with Crippen molar-refractivity contribution in [2.45, 2.75) is 38.1 Å². The van der Waals surface area contributed by atoms with E-state index in [9.17, 15) is 4.79 Å². The first kappa shape index (κ1) is 11.7. The van der Waals surface area contributed by atoms with E-state index in [-0.39, 0.29) is 11.9 Å². The molecule has 2 N–H and O–H groups in total. The number of aromatic amines is 1. The van der Waals surface area contributed by atoms with Gasteiger partial charge in [-0.05, 0) is 30.9 Å². The molecule has 1 atom stereocenters. The van der Waals surface area contributed by atoms with Gasteiger partial charge in [0.2, 0.25) is 0 Å². The Kier molecular flexibility index (Phi) is 3.81. The predicted molar refractivity (Wildman–Crippen MR) is 64.2 cm³/mol. The lowest BCUT2D eigenvalue weighted by Crippen LogP contribution is -2.40. The van der Waals surface area contributed by atoms with Gasteiger partial charge < -0.3 is 10.3 Å². The summed E-state index contributed by atoms with van der Waals surface area (Å²) in [4.78, 5) is 14.7. The minimum atomic E-state index is -0.355. The highest BCUT2D eigenvalue weighted by Gasteiger charge is 2.25. The number of rotatable bonds is 3. The van der Waals surface area contributed by atoms with Crippen molar-refractivity contribution in [1.82, 2.24) is 10.3 Å². The second kappa shape index (κ2) is 5.53. The molecule has 0 aliphatic heterocycles. The molecule has 1 amide bonds. The molecule has 0 spiro atoms. The van der Waals surface area contributed by atoms with Crippen LogP contribution < -0.4 is 5.32 Å². The van der Waals surface area contributed by atoms with Gasteiger partial charge in [-0.2, -0.15) is 5.26 Å². The Bertz CT molecular complexity index is 399. The number of nitrogens with one attached hydrogen (secondary N) is 2. The number of carbonyl (C=O) groups excluding carboxylic acids is 1. The fourth-order valence-electron chi connectivity index (χ4n) is 2.41. The number of aromatic nitrogens is 1. The van der Waals surface area contributed by atoms with E-state index in [1.54, 1.807) is 18.3 Å². The number of H-pyrrole nitrogens is 1. The van der Waals surface area contributed by atoms with Crippen molar-refractivity contribution in [3.8, 4) is 6.07 Å². The molecule has 1 fully saturated rings. The lowest BCUT2D eigenvalue weighted by Gasteiger charge is -2.26. The van der Waals surface area contributed by atoms with E-state index in [1.165, 1.54) is 19.3 Å². The average Bonchev–Trinajstić information content (AvgIpc) is 2.90. The van der Waals surface area contributed by atoms with Gasteiger partial charge in [0.25, 0.3) is 5.91 Å². The summed E-state index contributed by atoms with van der Waals surface area (Å²) in [5, 5.41) is 12.0. The number of amides is 1. The molecular weight excluding hydrogens is 214 g/mol. The average molecular weight is 231 g/mol. The minimum absolute atomic E-state index is 0.188. The molecule has 1 heterocycles. The van der Waals surface area contributed by atoms with Crippen LogP contribution in [0.2, 0.25) is 0 Å². The molecule has 1 aliphatic rings. The van der Waals surface area contributed by atoms with Crippen LogP contribution in [0, 0.1) is 17.2 Å². The lowest BCUT2D eigenvalue weighted by atomic mass is 9.84. The molecule has 1 saturated carbocycles. The number of hydrogen-bond donors (Lipinski definition) is 2. The summed E-state index contributed by atoms with van der Waals surface area (Å²) in [6.07, 6.45) is 7.38. The quantitative estimate of drug-likeness (QED) is 0.837. The number of hydrogen-bond acceptors (Lipinski definition) is 2. The van der Waals surface area contributed by atoms with Gasteiger partial charge in [0.1, 0.15) is 11.7 Å². The summed E-state index contributed by atoms with van der Waals surface area (Å²) in [6, 6.07) is 5.35. The van der Waals surface area contributed by atoms with E-state index in [2.05, 4.69) is 16.4 Å². The third-order valence-electron chi connectivity index (χ3n) is 3.39. The zero-order valence-corrected chi connectivity index (χ0v) is 9.78. The van der Waals surface area contributed by atoms with Gasteiger partial charge in [-0.15, -0.1) is 0 Å². The maximum absolute atomic E-state index is 11.8. The van der Waals surface area contributed by atoms with Gasteiger partial charge in [-0.3, -0.25) is 4.79 Å². The van der Waals surface area contributed by atoms with E-state index >= 15 is 0 Å². The van der Waals surface area contributed by atoms with Crippen LogP contribution in [-0.4, -0.2) is 16.9 Å². The Morgan fingerprint density at radius 1 is 1.47 bits per heavy atom. The Morgan fingerprint density at radius 3 is 2.82 bits per heavy atom.